The Morgan fingerprint density at radius 3 is 2.89 bits per heavy atom. The van der Waals surface area contributed by atoms with Crippen molar-refractivity contribution in [3.63, 3.8) is 0 Å². The van der Waals surface area contributed by atoms with Crippen molar-refractivity contribution in [2.24, 2.45) is 0 Å². The smallest absolute Gasteiger partial charge is 0.258 e. The second-order valence-corrected chi connectivity index (χ2v) is 5.00. The van der Waals surface area contributed by atoms with Gasteiger partial charge in [-0.3, -0.25) is 4.79 Å². The zero-order valence-corrected chi connectivity index (χ0v) is 11.5. The summed E-state index contributed by atoms with van der Waals surface area (Å²) in [6, 6.07) is 5.07. The number of nitrogens with zero attached hydrogens (tertiary/aromatic N) is 1. The highest BCUT2D eigenvalue weighted by atomic mass is 16.5. The Morgan fingerprint density at radius 1 is 1.47 bits per heavy atom. The van der Waals surface area contributed by atoms with Crippen LogP contribution in [-0.4, -0.2) is 48.2 Å². The standard InChI is InChI=1S/C14H20N2O3/c1-9-8-16(10(2)7-15-9)14(18)12-6-11(19-3)4-5-13(12)17/h4-6,9-10,15,17H,7-8H2,1-3H3. The second-order valence-electron chi connectivity index (χ2n) is 5.00. The summed E-state index contributed by atoms with van der Waals surface area (Å²) >= 11 is 0. The van der Waals surface area contributed by atoms with E-state index in [-0.39, 0.29) is 23.7 Å². The van der Waals surface area contributed by atoms with Crippen molar-refractivity contribution in [3.8, 4) is 11.5 Å². The number of phenolic OH excluding ortho intramolecular Hbond substituents is 1. The van der Waals surface area contributed by atoms with Gasteiger partial charge in [0.25, 0.3) is 5.91 Å². The van der Waals surface area contributed by atoms with Gasteiger partial charge < -0.3 is 20.1 Å². The lowest BCUT2D eigenvalue weighted by atomic mass is 10.1. The van der Waals surface area contributed by atoms with Gasteiger partial charge >= 0.3 is 0 Å². The zero-order valence-electron chi connectivity index (χ0n) is 11.5. The maximum atomic E-state index is 12.5. The quantitative estimate of drug-likeness (QED) is 0.843. The lowest BCUT2D eigenvalue weighted by Gasteiger charge is -2.37. The number of benzene rings is 1. The van der Waals surface area contributed by atoms with E-state index in [1.165, 1.54) is 13.2 Å². The van der Waals surface area contributed by atoms with E-state index in [0.29, 0.717) is 17.9 Å². The topological polar surface area (TPSA) is 61.8 Å². The van der Waals surface area contributed by atoms with Crippen LogP contribution in [0, 0.1) is 0 Å². The minimum atomic E-state index is -0.155. The fourth-order valence-corrected chi connectivity index (χ4v) is 2.27. The number of aromatic hydroxyl groups is 1. The van der Waals surface area contributed by atoms with Crippen LogP contribution in [0.25, 0.3) is 0 Å². The van der Waals surface area contributed by atoms with E-state index >= 15 is 0 Å². The number of amides is 1. The van der Waals surface area contributed by atoms with Crippen LogP contribution in [0.1, 0.15) is 24.2 Å². The van der Waals surface area contributed by atoms with Crippen LogP contribution in [0.2, 0.25) is 0 Å². The Bertz CT molecular complexity index is 476. The summed E-state index contributed by atoms with van der Waals surface area (Å²) in [5, 5.41) is 13.2. The van der Waals surface area contributed by atoms with Crippen molar-refractivity contribution in [1.82, 2.24) is 10.2 Å². The van der Waals surface area contributed by atoms with Gasteiger partial charge in [0.1, 0.15) is 11.5 Å². The largest absolute Gasteiger partial charge is 0.507 e. The number of piperazine rings is 1. The monoisotopic (exact) mass is 264 g/mol. The predicted octanol–water partition coefficient (Wildman–Crippen LogP) is 1.22. The molecular formula is C14H20N2O3. The predicted molar refractivity (Wildman–Crippen MR) is 72.6 cm³/mol. The summed E-state index contributed by atoms with van der Waals surface area (Å²) in [5.74, 6) is 0.401. The van der Waals surface area contributed by atoms with Gasteiger partial charge in [-0.2, -0.15) is 0 Å². The Hall–Kier alpha value is -1.75. The van der Waals surface area contributed by atoms with Crippen molar-refractivity contribution >= 4 is 5.91 Å². The van der Waals surface area contributed by atoms with Crippen LogP contribution >= 0.6 is 0 Å². The molecule has 1 aliphatic heterocycles. The van der Waals surface area contributed by atoms with Crippen LogP contribution in [0.5, 0.6) is 11.5 Å². The van der Waals surface area contributed by atoms with Crippen LogP contribution < -0.4 is 10.1 Å². The Morgan fingerprint density at radius 2 is 2.21 bits per heavy atom. The Kier molecular flexibility index (Phi) is 3.95. The molecule has 2 N–H and O–H groups in total. The highest BCUT2D eigenvalue weighted by molar-refractivity contribution is 5.97. The molecule has 2 rings (SSSR count). The molecule has 19 heavy (non-hydrogen) atoms. The average molecular weight is 264 g/mol. The zero-order chi connectivity index (χ0) is 14.0. The first-order valence-corrected chi connectivity index (χ1v) is 6.44. The van der Waals surface area contributed by atoms with E-state index in [0.717, 1.165) is 6.54 Å². The Balaban J connectivity index is 2.27. The van der Waals surface area contributed by atoms with E-state index in [4.69, 9.17) is 4.74 Å². The van der Waals surface area contributed by atoms with Gasteiger partial charge in [-0.05, 0) is 32.0 Å². The number of carbonyl (C=O) groups excluding carboxylic acids is 1. The SMILES string of the molecule is COc1ccc(O)c(C(=O)N2CC(C)NCC2C)c1. The van der Waals surface area contributed by atoms with Gasteiger partial charge in [-0.25, -0.2) is 0 Å². The van der Waals surface area contributed by atoms with Gasteiger partial charge in [0, 0.05) is 25.2 Å². The van der Waals surface area contributed by atoms with E-state index in [1.54, 1.807) is 17.0 Å². The summed E-state index contributed by atoms with van der Waals surface area (Å²) < 4.78 is 5.10. The summed E-state index contributed by atoms with van der Waals surface area (Å²) in [7, 11) is 1.54. The first kappa shape index (κ1) is 13.7. The normalized spacial score (nSPS) is 23.2. The first-order valence-electron chi connectivity index (χ1n) is 6.44. The summed E-state index contributed by atoms with van der Waals surface area (Å²) in [4.78, 5) is 14.3. The summed E-state index contributed by atoms with van der Waals surface area (Å²) in [6.45, 7) is 5.43. The molecule has 2 unspecified atom stereocenters. The highest BCUT2D eigenvalue weighted by Gasteiger charge is 2.28. The van der Waals surface area contributed by atoms with Crippen LogP contribution in [0.15, 0.2) is 18.2 Å². The average Bonchev–Trinajstić information content (AvgIpc) is 2.41. The third-order valence-electron chi connectivity index (χ3n) is 3.46. The molecule has 1 aliphatic rings. The van der Waals surface area contributed by atoms with E-state index in [9.17, 15) is 9.90 Å². The molecule has 1 amide bonds. The van der Waals surface area contributed by atoms with Crippen molar-refractivity contribution < 1.29 is 14.6 Å². The molecule has 0 aliphatic carbocycles. The summed E-state index contributed by atoms with van der Waals surface area (Å²) in [6.07, 6.45) is 0. The van der Waals surface area contributed by atoms with Crippen LogP contribution in [0.4, 0.5) is 0 Å². The molecule has 1 aromatic rings. The lowest BCUT2D eigenvalue weighted by Crippen LogP contribution is -2.56. The van der Waals surface area contributed by atoms with Crippen molar-refractivity contribution in [2.45, 2.75) is 25.9 Å². The number of ether oxygens (including phenoxy) is 1. The van der Waals surface area contributed by atoms with Crippen molar-refractivity contribution in [2.75, 3.05) is 20.2 Å². The van der Waals surface area contributed by atoms with E-state index < -0.39 is 0 Å². The van der Waals surface area contributed by atoms with Gasteiger partial charge in [0.05, 0.1) is 12.7 Å². The summed E-state index contributed by atoms with van der Waals surface area (Å²) in [5.41, 5.74) is 0.292. The number of methoxy groups -OCH3 is 1. The molecule has 0 spiro atoms. The van der Waals surface area contributed by atoms with Gasteiger partial charge in [0.15, 0.2) is 0 Å². The number of phenols is 1. The molecule has 1 heterocycles. The second kappa shape index (κ2) is 5.48. The number of rotatable bonds is 2. The molecule has 5 nitrogen and oxygen atoms in total. The Labute approximate surface area is 113 Å². The first-order chi connectivity index (χ1) is 9.02. The molecule has 0 aromatic heterocycles. The fraction of sp³-hybridized carbons (Fsp3) is 0.500. The number of hydrogen-bond donors (Lipinski definition) is 2. The molecular weight excluding hydrogens is 244 g/mol. The highest BCUT2D eigenvalue weighted by Crippen LogP contribution is 2.25. The molecule has 0 radical (unpaired) electrons. The molecule has 0 bridgehead atoms. The lowest BCUT2D eigenvalue weighted by molar-refractivity contribution is 0.0613. The number of carbonyl (C=O) groups is 1. The van der Waals surface area contributed by atoms with Crippen molar-refractivity contribution in [3.05, 3.63) is 23.8 Å². The maximum Gasteiger partial charge on any atom is 0.258 e. The third kappa shape index (κ3) is 2.81. The van der Waals surface area contributed by atoms with Crippen LogP contribution in [-0.2, 0) is 0 Å². The minimum absolute atomic E-state index is 0.0100. The molecule has 1 fully saturated rings. The molecule has 104 valence electrons. The van der Waals surface area contributed by atoms with Crippen LogP contribution in [0.3, 0.4) is 0 Å². The molecule has 1 aromatic carbocycles. The fourth-order valence-electron chi connectivity index (χ4n) is 2.27. The van der Waals surface area contributed by atoms with Crippen molar-refractivity contribution in [1.29, 1.82) is 0 Å². The van der Waals surface area contributed by atoms with Gasteiger partial charge in [0.2, 0.25) is 0 Å². The van der Waals surface area contributed by atoms with Gasteiger partial charge in [-0.15, -0.1) is 0 Å². The maximum absolute atomic E-state index is 12.5. The number of hydrogen-bond acceptors (Lipinski definition) is 4. The third-order valence-corrected chi connectivity index (χ3v) is 3.46. The number of nitrogens with one attached hydrogen (secondary N) is 1. The minimum Gasteiger partial charge on any atom is -0.507 e. The molecule has 2 atom stereocenters. The molecule has 0 saturated carbocycles. The van der Waals surface area contributed by atoms with E-state index in [1.807, 2.05) is 13.8 Å². The molecule has 5 heteroatoms. The van der Waals surface area contributed by atoms with Gasteiger partial charge in [-0.1, -0.05) is 0 Å². The van der Waals surface area contributed by atoms with E-state index in [2.05, 4.69) is 5.32 Å². The molecule has 1 saturated heterocycles.